The van der Waals surface area contributed by atoms with Gasteiger partial charge in [-0.3, -0.25) is 0 Å². The SMILES string of the molecule is COC(=O)C1=C(N)C2=C(CCC2)NC1C. The molecule has 0 saturated carbocycles. The molecule has 1 aliphatic carbocycles. The number of allylic oxidation sites excluding steroid dienone is 2. The van der Waals surface area contributed by atoms with Gasteiger partial charge in [-0.2, -0.15) is 0 Å². The molecule has 0 aromatic carbocycles. The number of rotatable bonds is 1. The fraction of sp³-hybridized carbons (Fsp3) is 0.545. The third-order valence-electron chi connectivity index (χ3n) is 3.06. The van der Waals surface area contributed by atoms with Gasteiger partial charge in [0.1, 0.15) is 0 Å². The fourth-order valence-electron chi connectivity index (χ4n) is 2.33. The first-order valence-electron chi connectivity index (χ1n) is 5.22. The monoisotopic (exact) mass is 208 g/mol. The number of nitrogens with two attached hydrogens (primary N) is 1. The van der Waals surface area contributed by atoms with Gasteiger partial charge in [-0.15, -0.1) is 0 Å². The second-order valence-corrected chi connectivity index (χ2v) is 4.00. The van der Waals surface area contributed by atoms with Crippen LogP contribution in [0.15, 0.2) is 22.5 Å². The summed E-state index contributed by atoms with van der Waals surface area (Å²) in [6.45, 7) is 1.93. The average Bonchev–Trinajstić information content (AvgIpc) is 2.65. The van der Waals surface area contributed by atoms with Crippen LogP contribution in [0.25, 0.3) is 0 Å². The number of ether oxygens (including phenoxy) is 1. The van der Waals surface area contributed by atoms with Crippen LogP contribution in [0.5, 0.6) is 0 Å². The standard InChI is InChI=1S/C11H16N2O2/c1-6-9(11(14)15-2)10(12)7-4-3-5-8(7)13-6/h6,13H,3-5,12H2,1-2H3. The van der Waals surface area contributed by atoms with Gasteiger partial charge in [0.25, 0.3) is 0 Å². The van der Waals surface area contributed by atoms with Crippen LogP contribution in [-0.2, 0) is 9.53 Å². The summed E-state index contributed by atoms with van der Waals surface area (Å²) in [6.07, 6.45) is 3.11. The van der Waals surface area contributed by atoms with Crippen molar-refractivity contribution in [3.05, 3.63) is 22.5 Å². The summed E-state index contributed by atoms with van der Waals surface area (Å²) < 4.78 is 4.74. The Balaban J connectivity index is 2.42. The minimum Gasteiger partial charge on any atom is -0.466 e. The molecule has 1 heterocycles. The van der Waals surface area contributed by atoms with Crippen LogP contribution in [0.1, 0.15) is 26.2 Å². The zero-order valence-corrected chi connectivity index (χ0v) is 9.09. The van der Waals surface area contributed by atoms with Crippen LogP contribution < -0.4 is 11.1 Å². The predicted molar refractivity (Wildman–Crippen MR) is 56.7 cm³/mol. The van der Waals surface area contributed by atoms with E-state index >= 15 is 0 Å². The Morgan fingerprint density at radius 3 is 2.93 bits per heavy atom. The molecule has 82 valence electrons. The zero-order chi connectivity index (χ0) is 11.0. The first-order valence-corrected chi connectivity index (χ1v) is 5.22. The van der Waals surface area contributed by atoms with Gasteiger partial charge in [0, 0.05) is 11.4 Å². The second kappa shape index (κ2) is 3.61. The molecule has 2 rings (SSSR count). The summed E-state index contributed by atoms with van der Waals surface area (Å²) in [5.74, 6) is -0.328. The van der Waals surface area contributed by atoms with Gasteiger partial charge in [-0.25, -0.2) is 4.79 Å². The molecule has 4 heteroatoms. The highest BCUT2D eigenvalue weighted by Gasteiger charge is 2.31. The van der Waals surface area contributed by atoms with Gasteiger partial charge >= 0.3 is 5.97 Å². The van der Waals surface area contributed by atoms with E-state index in [9.17, 15) is 4.79 Å². The predicted octanol–water partition coefficient (Wildman–Crippen LogP) is 0.802. The molecule has 1 unspecified atom stereocenters. The number of esters is 1. The highest BCUT2D eigenvalue weighted by Crippen LogP contribution is 2.33. The van der Waals surface area contributed by atoms with E-state index in [4.69, 9.17) is 10.5 Å². The molecule has 0 bridgehead atoms. The summed E-state index contributed by atoms with van der Waals surface area (Å²) in [6, 6.07) is -0.0469. The van der Waals surface area contributed by atoms with E-state index in [1.165, 1.54) is 12.8 Å². The molecule has 0 saturated heterocycles. The van der Waals surface area contributed by atoms with Gasteiger partial charge in [-0.05, 0) is 31.8 Å². The molecule has 0 aromatic heterocycles. The van der Waals surface area contributed by atoms with E-state index in [1.54, 1.807) is 0 Å². The second-order valence-electron chi connectivity index (χ2n) is 4.00. The third-order valence-corrected chi connectivity index (χ3v) is 3.06. The Morgan fingerprint density at radius 1 is 1.53 bits per heavy atom. The van der Waals surface area contributed by atoms with Crippen molar-refractivity contribution in [1.29, 1.82) is 0 Å². The van der Waals surface area contributed by atoms with Gasteiger partial charge in [-0.1, -0.05) is 0 Å². The molecule has 4 nitrogen and oxygen atoms in total. The molecule has 0 fully saturated rings. The Hall–Kier alpha value is -1.45. The average molecular weight is 208 g/mol. The Labute approximate surface area is 89.2 Å². The van der Waals surface area contributed by atoms with E-state index in [0.29, 0.717) is 11.3 Å². The maximum absolute atomic E-state index is 11.6. The largest absolute Gasteiger partial charge is 0.466 e. The van der Waals surface area contributed by atoms with Crippen molar-refractivity contribution in [3.8, 4) is 0 Å². The van der Waals surface area contributed by atoms with Crippen LogP contribution >= 0.6 is 0 Å². The number of dihydropyridines is 1. The number of carbonyl (C=O) groups is 1. The Bertz CT molecular complexity index is 369. The van der Waals surface area contributed by atoms with Crippen molar-refractivity contribution in [2.45, 2.75) is 32.2 Å². The van der Waals surface area contributed by atoms with Gasteiger partial charge in [0.15, 0.2) is 0 Å². The normalized spacial score (nSPS) is 25.1. The molecule has 0 spiro atoms. The van der Waals surface area contributed by atoms with E-state index in [1.807, 2.05) is 6.92 Å². The number of carbonyl (C=O) groups excluding carboxylic acids is 1. The number of hydrogen-bond donors (Lipinski definition) is 2. The first-order chi connectivity index (χ1) is 7.15. The lowest BCUT2D eigenvalue weighted by Gasteiger charge is -2.26. The van der Waals surface area contributed by atoms with Crippen molar-refractivity contribution < 1.29 is 9.53 Å². The molecule has 0 radical (unpaired) electrons. The van der Waals surface area contributed by atoms with Crippen molar-refractivity contribution >= 4 is 5.97 Å². The summed E-state index contributed by atoms with van der Waals surface area (Å²) in [5, 5.41) is 3.31. The van der Waals surface area contributed by atoms with Crippen molar-refractivity contribution in [3.63, 3.8) is 0 Å². The number of hydrogen-bond acceptors (Lipinski definition) is 4. The van der Waals surface area contributed by atoms with Gasteiger partial charge in [0.05, 0.1) is 18.7 Å². The summed E-state index contributed by atoms with van der Waals surface area (Å²) in [5.41, 5.74) is 9.51. The van der Waals surface area contributed by atoms with Crippen LogP contribution in [-0.4, -0.2) is 19.1 Å². The summed E-state index contributed by atoms with van der Waals surface area (Å²) in [4.78, 5) is 11.6. The topological polar surface area (TPSA) is 64.3 Å². The van der Waals surface area contributed by atoms with Crippen LogP contribution in [0.4, 0.5) is 0 Å². The lowest BCUT2D eigenvalue weighted by Crippen LogP contribution is -2.37. The molecule has 0 amide bonds. The van der Waals surface area contributed by atoms with Crippen LogP contribution in [0.2, 0.25) is 0 Å². The minimum absolute atomic E-state index is 0.0469. The maximum Gasteiger partial charge on any atom is 0.337 e. The van der Waals surface area contributed by atoms with Crippen LogP contribution in [0, 0.1) is 0 Å². The molecule has 0 aromatic rings. The molecule has 15 heavy (non-hydrogen) atoms. The molecular formula is C11H16N2O2. The van der Waals surface area contributed by atoms with Crippen molar-refractivity contribution in [1.82, 2.24) is 5.32 Å². The summed E-state index contributed by atoms with van der Waals surface area (Å²) >= 11 is 0. The van der Waals surface area contributed by atoms with Crippen molar-refractivity contribution in [2.24, 2.45) is 5.73 Å². The van der Waals surface area contributed by atoms with Crippen LogP contribution in [0.3, 0.4) is 0 Å². The lowest BCUT2D eigenvalue weighted by atomic mass is 9.96. The number of methoxy groups -OCH3 is 1. The highest BCUT2D eigenvalue weighted by atomic mass is 16.5. The Morgan fingerprint density at radius 2 is 2.27 bits per heavy atom. The van der Waals surface area contributed by atoms with E-state index in [-0.39, 0.29) is 12.0 Å². The fourth-order valence-corrected chi connectivity index (χ4v) is 2.33. The molecule has 1 aliphatic heterocycles. The van der Waals surface area contributed by atoms with E-state index < -0.39 is 0 Å². The molecule has 1 atom stereocenters. The minimum atomic E-state index is -0.328. The highest BCUT2D eigenvalue weighted by molar-refractivity contribution is 5.92. The Kier molecular flexibility index (Phi) is 2.42. The zero-order valence-electron chi connectivity index (χ0n) is 9.09. The lowest BCUT2D eigenvalue weighted by molar-refractivity contribution is -0.136. The van der Waals surface area contributed by atoms with Gasteiger partial charge < -0.3 is 15.8 Å². The third kappa shape index (κ3) is 1.50. The summed E-state index contributed by atoms with van der Waals surface area (Å²) in [7, 11) is 1.38. The molecule has 3 N–H and O–H groups in total. The first kappa shape index (κ1) is 10.1. The smallest absolute Gasteiger partial charge is 0.337 e. The van der Waals surface area contributed by atoms with E-state index in [2.05, 4.69) is 5.32 Å². The van der Waals surface area contributed by atoms with Gasteiger partial charge in [0.2, 0.25) is 0 Å². The quantitative estimate of drug-likeness (QED) is 0.626. The molecule has 2 aliphatic rings. The van der Waals surface area contributed by atoms with E-state index in [0.717, 1.165) is 24.8 Å². The molecular weight excluding hydrogens is 192 g/mol. The maximum atomic E-state index is 11.6. The van der Waals surface area contributed by atoms with Crippen molar-refractivity contribution in [2.75, 3.05) is 7.11 Å². The number of nitrogens with one attached hydrogen (secondary N) is 1.